The predicted octanol–water partition coefficient (Wildman–Crippen LogP) is 5.51. The van der Waals surface area contributed by atoms with Gasteiger partial charge in [-0.3, -0.25) is 4.40 Å². The largest absolute Gasteiger partial charge is 0.477 e. The van der Waals surface area contributed by atoms with E-state index in [4.69, 9.17) is 11.6 Å². The fraction of sp³-hybridized carbons (Fsp3) is 0.130. The van der Waals surface area contributed by atoms with Gasteiger partial charge in [0.05, 0.1) is 10.7 Å². The lowest BCUT2D eigenvalue weighted by Gasteiger charge is -2.08. The lowest BCUT2D eigenvalue weighted by molar-refractivity contribution is 0.0688. The molecule has 0 amide bonds. The van der Waals surface area contributed by atoms with E-state index in [1.54, 1.807) is 10.6 Å². The van der Waals surface area contributed by atoms with Crippen LogP contribution in [0.3, 0.4) is 0 Å². The molecule has 0 aliphatic rings. The van der Waals surface area contributed by atoms with Gasteiger partial charge in [0.25, 0.3) is 0 Å². The molecule has 0 unspecified atom stereocenters. The monoisotopic (exact) mass is 390 g/mol. The lowest BCUT2D eigenvalue weighted by atomic mass is 10.0. The van der Waals surface area contributed by atoms with E-state index in [2.05, 4.69) is 41.4 Å². The molecular weight excluding hydrogens is 372 g/mol. The molecule has 0 fully saturated rings. The van der Waals surface area contributed by atoms with Gasteiger partial charge in [-0.1, -0.05) is 73.1 Å². The number of aryl methyl sites for hydroxylation is 1. The Labute approximate surface area is 168 Å². The van der Waals surface area contributed by atoms with Gasteiger partial charge in [-0.05, 0) is 29.2 Å². The van der Waals surface area contributed by atoms with Gasteiger partial charge in [0.2, 0.25) is 0 Å². The summed E-state index contributed by atoms with van der Waals surface area (Å²) >= 11 is 6.28. The SMILES string of the molecule is CCc1nc2c(Cc3ccc(-c4ccccc4)cc3)cc(Cl)cn2c1C(=O)O. The summed E-state index contributed by atoms with van der Waals surface area (Å²) in [4.78, 5) is 16.3. The number of nitrogens with zero attached hydrogens (tertiary/aromatic N) is 2. The van der Waals surface area contributed by atoms with E-state index in [9.17, 15) is 9.90 Å². The molecule has 0 spiro atoms. The van der Waals surface area contributed by atoms with Gasteiger partial charge < -0.3 is 5.11 Å². The molecule has 0 aliphatic heterocycles. The van der Waals surface area contributed by atoms with Gasteiger partial charge in [-0.15, -0.1) is 0 Å². The van der Waals surface area contributed by atoms with Crippen LogP contribution in [-0.4, -0.2) is 20.5 Å². The summed E-state index contributed by atoms with van der Waals surface area (Å²) in [6.45, 7) is 1.90. The minimum atomic E-state index is -0.996. The average Bonchev–Trinajstić information content (AvgIpc) is 3.08. The van der Waals surface area contributed by atoms with Crippen molar-refractivity contribution in [3.8, 4) is 11.1 Å². The molecule has 4 nitrogen and oxygen atoms in total. The number of imidazole rings is 1. The zero-order valence-corrected chi connectivity index (χ0v) is 16.1. The number of aromatic carboxylic acids is 1. The number of hydrogen-bond donors (Lipinski definition) is 1. The maximum absolute atomic E-state index is 11.7. The highest BCUT2D eigenvalue weighted by Gasteiger charge is 2.20. The number of fused-ring (bicyclic) bond motifs is 1. The highest BCUT2D eigenvalue weighted by Crippen LogP contribution is 2.25. The van der Waals surface area contributed by atoms with Gasteiger partial charge in [0, 0.05) is 18.2 Å². The molecule has 5 heteroatoms. The van der Waals surface area contributed by atoms with Crippen LogP contribution in [-0.2, 0) is 12.8 Å². The van der Waals surface area contributed by atoms with Crippen molar-refractivity contribution in [1.82, 2.24) is 9.38 Å². The van der Waals surface area contributed by atoms with Gasteiger partial charge in [-0.25, -0.2) is 9.78 Å². The third-order valence-electron chi connectivity index (χ3n) is 4.83. The zero-order chi connectivity index (χ0) is 19.7. The Kier molecular flexibility index (Phi) is 4.88. The Morgan fingerprint density at radius 1 is 1.07 bits per heavy atom. The minimum absolute atomic E-state index is 0.181. The van der Waals surface area contributed by atoms with E-state index in [0.29, 0.717) is 29.2 Å². The van der Waals surface area contributed by atoms with Crippen molar-refractivity contribution >= 4 is 23.2 Å². The first kappa shape index (κ1) is 18.3. The smallest absolute Gasteiger partial charge is 0.354 e. The number of halogens is 1. The molecule has 4 rings (SSSR count). The number of benzene rings is 2. The van der Waals surface area contributed by atoms with Crippen LogP contribution in [0.4, 0.5) is 0 Å². The van der Waals surface area contributed by atoms with Crippen LogP contribution in [0.2, 0.25) is 5.02 Å². The summed E-state index contributed by atoms with van der Waals surface area (Å²) in [6.07, 6.45) is 2.79. The van der Waals surface area contributed by atoms with Crippen molar-refractivity contribution in [3.63, 3.8) is 0 Å². The molecule has 0 saturated carbocycles. The predicted molar refractivity (Wildman–Crippen MR) is 111 cm³/mol. The Bertz CT molecular complexity index is 1150. The first-order valence-electron chi connectivity index (χ1n) is 9.14. The molecule has 1 N–H and O–H groups in total. The molecule has 2 aromatic heterocycles. The molecule has 0 atom stereocenters. The van der Waals surface area contributed by atoms with Crippen LogP contribution >= 0.6 is 11.6 Å². The summed E-state index contributed by atoms with van der Waals surface area (Å²) in [5.41, 5.74) is 5.74. The van der Waals surface area contributed by atoms with Crippen LogP contribution in [0.5, 0.6) is 0 Å². The van der Waals surface area contributed by atoms with Crippen LogP contribution in [0.15, 0.2) is 66.9 Å². The maximum Gasteiger partial charge on any atom is 0.354 e. The Morgan fingerprint density at radius 3 is 2.39 bits per heavy atom. The number of aromatic nitrogens is 2. The molecular formula is C23H19ClN2O2. The van der Waals surface area contributed by atoms with Crippen LogP contribution in [0.1, 0.15) is 34.2 Å². The minimum Gasteiger partial charge on any atom is -0.477 e. The molecule has 2 aromatic carbocycles. The molecule has 0 bridgehead atoms. The average molecular weight is 391 g/mol. The van der Waals surface area contributed by atoms with Gasteiger partial charge in [-0.2, -0.15) is 0 Å². The molecule has 28 heavy (non-hydrogen) atoms. The van der Waals surface area contributed by atoms with Crippen LogP contribution in [0.25, 0.3) is 16.8 Å². The number of rotatable bonds is 5. The third kappa shape index (κ3) is 3.39. The Morgan fingerprint density at radius 2 is 1.75 bits per heavy atom. The van der Waals surface area contributed by atoms with Crippen molar-refractivity contribution in [2.45, 2.75) is 19.8 Å². The number of carbonyl (C=O) groups is 1. The zero-order valence-electron chi connectivity index (χ0n) is 15.4. The summed E-state index contributed by atoms with van der Waals surface area (Å²) in [5.74, 6) is -0.996. The first-order chi connectivity index (χ1) is 13.6. The maximum atomic E-state index is 11.7. The molecule has 0 radical (unpaired) electrons. The normalized spacial score (nSPS) is 11.1. The number of pyridine rings is 1. The van der Waals surface area contributed by atoms with E-state index in [1.807, 2.05) is 31.2 Å². The summed E-state index contributed by atoms with van der Waals surface area (Å²) in [5, 5.41) is 10.1. The molecule has 0 saturated heterocycles. The van der Waals surface area contributed by atoms with Crippen molar-refractivity contribution < 1.29 is 9.90 Å². The van der Waals surface area contributed by atoms with Crippen molar-refractivity contribution in [2.75, 3.05) is 0 Å². The van der Waals surface area contributed by atoms with E-state index < -0.39 is 5.97 Å². The number of carboxylic acid groups (broad SMARTS) is 1. The van der Waals surface area contributed by atoms with Crippen molar-refractivity contribution in [3.05, 3.63) is 94.4 Å². The number of carboxylic acids is 1. The quantitative estimate of drug-likeness (QED) is 0.489. The summed E-state index contributed by atoms with van der Waals surface area (Å²) in [6, 6.07) is 20.4. The second-order valence-electron chi connectivity index (χ2n) is 6.68. The van der Waals surface area contributed by atoms with Gasteiger partial charge >= 0.3 is 5.97 Å². The highest BCUT2D eigenvalue weighted by atomic mass is 35.5. The molecule has 2 heterocycles. The van der Waals surface area contributed by atoms with Gasteiger partial charge in [0.15, 0.2) is 5.69 Å². The van der Waals surface area contributed by atoms with E-state index in [1.165, 1.54) is 5.56 Å². The second kappa shape index (κ2) is 7.49. The number of hydrogen-bond acceptors (Lipinski definition) is 2. The lowest BCUT2D eigenvalue weighted by Crippen LogP contribution is -2.05. The second-order valence-corrected chi connectivity index (χ2v) is 7.12. The van der Waals surface area contributed by atoms with Crippen molar-refractivity contribution in [2.24, 2.45) is 0 Å². The topological polar surface area (TPSA) is 54.6 Å². The van der Waals surface area contributed by atoms with Gasteiger partial charge in [0.1, 0.15) is 5.65 Å². The third-order valence-corrected chi connectivity index (χ3v) is 5.03. The highest BCUT2D eigenvalue weighted by molar-refractivity contribution is 6.30. The van der Waals surface area contributed by atoms with Crippen LogP contribution < -0.4 is 0 Å². The van der Waals surface area contributed by atoms with E-state index in [-0.39, 0.29) is 5.69 Å². The molecule has 0 aliphatic carbocycles. The Balaban J connectivity index is 1.73. The fourth-order valence-corrected chi connectivity index (χ4v) is 3.72. The fourth-order valence-electron chi connectivity index (χ4n) is 3.49. The first-order valence-corrected chi connectivity index (χ1v) is 9.51. The summed E-state index contributed by atoms with van der Waals surface area (Å²) < 4.78 is 1.59. The molecule has 140 valence electrons. The summed E-state index contributed by atoms with van der Waals surface area (Å²) in [7, 11) is 0. The van der Waals surface area contributed by atoms with E-state index in [0.717, 1.165) is 16.7 Å². The molecule has 4 aromatic rings. The standard InChI is InChI=1S/C23H19ClN2O2/c1-2-20-21(23(27)28)26-14-19(24)13-18(22(26)25-20)12-15-8-10-17(11-9-15)16-6-4-3-5-7-16/h3-11,13-14H,2,12H2,1H3,(H,27,28). The van der Waals surface area contributed by atoms with E-state index >= 15 is 0 Å². The van der Waals surface area contributed by atoms with Crippen molar-refractivity contribution in [1.29, 1.82) is 0 Å². The Hall–Kier alpha value is -3.11. The van der Waals surface area contributed by atoms with Crippen LogP contribution in [0, 0.1) is 0 Å².